The summed E-state index contributed by atoms with van der Waals surface area (Å²) in [6.07, 6.45) is 8.07. The SMILES string of the molecule is O=C1CC(C(=O)NC23CC4CC(CC(C4)C2)C3)CN1. The van der Waals surface area contributed by atoms with E-state index in [1.165, 1.54) is 38.5 Å². The Balaban J connectivity index is 1.47. The van der Waals surface area contributed by atoms with Crippen LogP contribution >= 0.6 is 0 Å². The molecule has 0 aromatic heterocycles. The molecule has 5 aliphatic rings. The molecular formula is C15H22N2O2. The zero-order chi connectivity index (χ0) is 13.0. The summed E-state index contributed by atoms with van der Waals surface area (Å²) >= 11 is 0. The molecule has 5 rings (SSSR count). The highest BCUT2D eigenvalue weighted by Crippen LogP contribution is 2.55. The van der Waals surface area contributed by atoms with Crippen LogP contribution in [0.15, 0.2) is 0 Å². The van der Waals surface area contributed by atoms with Gasteiger partial charge in [0.05, 0.1) is 5.92 Å². The maximum atomic E-state index is 12.4. The van der Waals surface area contributed by atoms with Gasteiger partial charge in [-0.2, -0.15) is 0 Å². The lowest BCUT2D eigenvalue weighted by molar-refractivity contribution is -0.131. The molecule has 4 nitrogen and oxygen atoms in total. The lowest BCUT2D eigenvalue weighted by atomic mass is 9.53. The fourth-order valence-electron chi connectivity index (χ4n) is 5.42. The Hall–Kier alpha value is -1.06. The van der Waals surface area contributed by atoms with Gasteiger partial charge in [-0.3, -0.25) is 9.59 Å². The smallest absolute Gasteiger partial charge is 0.225 e. The van der Waals surface area contributed by atoms with E-state index in [1.54, 1.807) is 0 Å². The van der Waals surface area contributed by atoms with Gasteiger partial charge in [0.2, 0.25) is 11.8 Å². The van der Waals surface area contributed by atoms with E-state index >= 15 is 0 Å². The van der Waals surface area contributed by atoms with Crippen LogP contribution in [-0.2, 0) is 9.59 Å². The largest absolute Gasteiger partial charge is 0.355 e. The second kappa shape index (κ2) is 3.97. The van der Waals surface area contributed by atoms with Crippen molar-refractivity contribution in [3.63, 3.8) is 0 Å². The van der Waals surface area contributed by atoms with E-state index in [-0.39, 0.29) is 23.3 Å². The highest BCUT2D eigenvalue weighted by Gasteiger charge is 2.52. The van der Waals surface area contributed by atoms with Crippen molar-refractivity contribution in [2.75, 3.05) is 6.54 Å². The first kappa shape index (κ1) is 11.7. The Morgan fingerprint density at radius 1 is 1.11 bits per heavy atom. The van der Waals surface area contributed by atoms with Crippen LogP contribution in [0.5, 0.6) is 0 Å². The highest BCUT2D eigenvalue weighted by molar-refractivity contribution is 5.89. The average molecular weight is 262 g/mol. The second-order valence-corrected chi connectivity index (χ2v) is 7.39. The van der Waals surface area contributed by atoms with E-state index < -0.39 is 0 Å². The van der Waals surface area contributed by atoms with Crippen LogP contribution in [0.25, 0.3) is 0 Å². The minimum Gasteiger partial charge on any atom is -0.355 e. The zero-order valence-corrected chi connectivity index (χ0v) is 11.3. The van der Waals surface area contributed by atoms with Crippen LogP contribution < -0.4 is 10.6 Å². The highest BCUT2D eigenvalue weighted by atomic mass is 16.2. The summed E-state index contributed by atoms with van der Waals surface area (Å²) in [5.74, 6) is 2.52. The van der Waals surface area contributed by atoms with Crippen LogP contribution in [-0.4, -0.2) is 23.9 Å². The molecule has 2 N–H and O–H groups in total. The van der Waals surface area contributed by atoms with E-state index in [2.05, 4.69) is 10.6 Å². The third-order valence-electron chi connectivity index (χ3n) is 5.77. The van der Waals surface area contributed by atoms with Crippen molar-refractivity contribution in [2.45, 2.75) is 50.5 Å². The molecule has 4 aliphatic carbocycles. The zero-order valence-electron chi connectivity index (χ0n) is 11.3. The van der Waals surface area contributed by atoms with Crippen molar-refractivity contribution < 1.29 is 9.59 Å². The summed E-state index contributed by atoms with van der Waals surface area (Å²) in [6.45, 7) is 0.525. The molecule has 1 unspecified atom stereocenters. The van der Waals surface area contributed by atoms with Crippen LogP contribution in [0.3, 0.4) is 0 Å². The third-order valence-corrected chi connectivity index (χ3v) is 5.77. The van der Waals surface area contributed by atoms with Crippen molar-refractivity contribution in [2.24, 2.45) is 23.7 Å². The molecule has 1 atom stereocenters. The summed E-state index contributed by atoms with van der Waals surface area (Å²) in [5, 5.41) is 6.11. The standard InChI is InChI=1S/C15H22N2O2/c18-13-4-12(8-16-13)14(19)17-15-5-9-1-10(6-15)3-11(2-9)7-15/h9-12H,1-8H2,(H,16,18)(H,17,19). The number of carbonyl (C=O) groups is 2. The van der Waals surface area contributed by atoms with Crippen LogP contribution in [0.2, 0.25) is 0 Å². The van der Waals surface area contributed by atoms with Gasteiger partial charge in [-0.15, -0.1) is 0 Å². The number of carbonyl (C=O) groups excluding carboxylic acids is 2. The molecule has 4 heteroatoms. The molecule has 5 fully saturated rings. The molecule has 1 saturated heterocycles. The van der Waals surface area contributed by atoms with E-state index in [1.807, 2.05) is 0 Å². The molecule has 2 amide bonds. The molecule has 4 saturated carbocycles. The van der Waals surface area contributed by atoms with Gasteiger partial charge in [0.15, 0.2) is 0 Å². The quantitative estimate of drug-likeness (QED) is 0.786. The predicted molar refractivity (Wildman–Crippen MR) is 70.2 cm³/mol. The molecule has 104 valence electrons. The third kappa shape index (κ3) is 1.96. The second-order valence-electron chi connectivity index (χ2n) is 7.39. The minimum absolute atomic E-state index is 0.0191. The molecule has 1 heterocycles. The molecule has 1 aliphatic heterocycles. The topological polar surface area (TPSA) is 58.2 Å². The van der Waals surface area contributed by atoms with Crippen molar-refractivity contribution in [3.05, 3.63) is 0 Å². The molecule has 0 aromatic carbocycles. The van der Waals surface area contributed by atoms with Gasteiger partial charge in [0.1, 0.15) is 0 Å². The van der Waals surface area contributed by atoms with E-state index in [9.17, 15) is 9.59 Å². The lowest BCUT2D eigenvalue weighted by Gasteiger charge is -2.57. The Morgan fingerprint density at radius 2 is 1.68 bits per heavy atom. The average Bonchev–Trinajstić information content (AvgIpc) is 2.73. The normalized spacial score (nSPS) is 47.3. The van der Waals surface area contributed by atoms with Gasteiger partial charge in [0, 0.05) is 18.5 Å². The number of rotatable bonds is 2. The fourth-order valence-corrected chi connectivity index (χ4v) is 5.42. The first-order valence-corrected chi connectivity index (χ1v) is 7.71. The minimum atomic E-state index is -0.138. The molecule has 4 bridgehead atoms. The first-order valence-electron chi connectivity index (χ1n) is 7.71. The summed E-state index contributed by atoms with van der Waals surface area (Å²) in [6, 6.07) is 0. The molecule has 0 spiro atoms. The molecule has 0 radical (unpaired) electrons. The van der Waals surface area contributed by atoms with Crippen LogP contribution in [0, 0.1) is 23.7 Å². The lowest BCUT2D eigenvalue weighted by Crippen LogP contribution is -2.60. The molecular weight excluding hydrogens is 240 g/mol. The fraction of sp³-hybridized carbons (Fsp3) is 0.867. The van der Waals surface area contributed by atoms with Gasteiger partial charge in [-0.05, 0) is 56.3 Å². The Kier molecular flexibility index (Phi) is 2.45. The Morgan fingerprint density at radius 3 is 2.16 bits per heavy atom. The summed E-state index contributed by atoms with van der Waals surface area (Å²) < 4.78 is 0. The molecule has 19 heavy (non-hydrogen) atoms. The van der Waals surface area contributed by atoms with Crippen molar-refractivity contribution in [1.82, 2.24) is 10.6 Å². The number of nitrogens with one attached hydrogen (secondary N) is 2. The van der Waals surface area contributed by atoms with Gasteiger partial charge in [-0.25, -0.2) is 0 Å². The van der Waals surface area contributed by atoms with Crippen molar-refractivity contribution in [1.29, 1.82) is 0 Å². The van der Waals surface area contributed by atoms with Gasteiger partial charge in [0.25, 0.3) is 0 Å². The monoisotopic (exact) mass is 262 g/mol. The van der Waals surface area contributed by atoms with Crippen LogP contribution in [0.4, 0.5) is 0 Å². The van der Waals surface area contributed by atoms with Gasteiger partial charge < -0.3 is 10.6 Å². The van der Waals surface area contributed by atoms with Gasteiger partial charge in [-0.1, -0.05) is 0 Å². The maximum absolute atomic E-state index is 12.4. The van der Waals surface area contributed by atoms with E-state index in [0.717, 1.165) is 17.8 Å². The summed E-state index contributed by atoms with van der Waals surface area (Å²) in [7, 11) is 0. The summed E-state index contributed by atoms with van der Waals surface area (Å²) in [5.41, 5.74) is 0.0808. The van der Waals surface area contributed by atoms with E-state index in [4.69, 9.17) is 0 Å². The van der Waals surface area contributed by atoms with E-state index in [0.29, 0.717) is 13.0 Å². The predicted octanol–water partition coefficient (Wildman–Crippen LogP) is 1.21. The van der Waals surface area contributed by atoms with Crippen molar-refractivity contribution in [3.8, 4) is 0 Å². The Bertz CT molecular complexity index is 397. The molecule has 0 aromatic rings. The van der Waals surface area contributed by atoms with Gasteiger partial charge >= 0.3 is 0 Å². The van der Waals surface area contributed by atoms with Crippen LogP contribution in [0.1, 0.15) is 44.9 Å². The van der Waals surface area contributed by atoms with Crippen molar-refractivity contribution >= 4 is 11.8 Å². The number of hydrogen-bond acceptors (Lipinski definition) is 2. The maximum Gasteiger partial charge on any atom is 0.225 e. The Labute approximate surface area is 113 Å². The summed E-state index contributed by atoms with van der Waals surface area (Å²) in [4.78, 5) is 23.6. The first-order chi connectivity index (χ1) is 9.12. The number of hydrogen-bond donors (Lipinski definition) is 2. The number of amides is 2.